The fourth-order valence-corrected chi connectivity index (χ4v) is 2.68. The Balaban J connectivity index is 2.37. The first kappa shape index (κ1) is 15.8. The molecule has 0 aromatic heterocycles. The highest BCUT2D eigenvalue weighted by molar-refractivity contribution is 5.82. The lowest BCUT2D eigenvalue weighted by Gasteiger charge is -2.23. The van der Waals surface area contributed by atoms with Crippen LogP contribution in [-0.4, -0.2) is 11.9 Å². The average molecular weight is 304 g/mol. The van der Waals surface area contributed by atoms with Crippen LogP contribution >= 0.6 is 0 Å². The summed E-state index contributed by atoms with van der Waals surface area (Å²) in [6.07, 6.45) is -1.27. The third kappa shape index (κ3) is 3.72. The maximum absolute atomic E-state index is 13.1. The molecule has 1 aromatic rings. The predicted molar refractivity (Wildman–Crippen MR) is 68.7 cm³/mol. The summed E-state index contributed by atoms with van der Waals surface area (Å²) >= 11 is 0. The van der Waals surface area contributed by atoms with Gasteiger partial charge in [-0.05, 0) is 30.5 Å². The molecule has 1 unspecified atom stereocenters. The highest BCUT2D eigenvalue weighted by Crippen LogP contribution is 2.35. The zero-order chi connectivity index (χ0) is 15.6. The standard InChI is InChI=1S/C14H16F4N2O/c15-8-5-6-10(11(7-8)14(16,17)18)12(13(19)21)20-9-3-1-2-4-9/h5-7,9,12,20H,1-4H2,(H2,19,21). The van der Waals surface area contributed by atoms with Crippen molar-refractivity contribution in [1.29, 1.82) is 0 Å². The SMILES string of the molecule is NC(=O)C(NC1CCCC1)c1ccc(F)cc1C(F)(F)F. The summed E-state index contributed by atoms with van der Waals surface area (Å²) in [5.41, 5.74) is 3.73. The van der Waals surface area contributed by atoms with E-state index >= 15 is 0 Å². The van der Waals surface area contributed by atoms with Crippen LogP contribution in [0.5, 0.6) is 0 Å². The molecule has 1 aliphatic carbocycles. The minimum absolute atomic E-state index is 0.0476. The molecule has 0 aliphatic heterocycles. The van der Waals surface area contributed by atoms with Crippen molar-refractivity contribution in [3.05, 3.63) is 35.1 Å². The zero-order valence-corrected chi connectivity index (χ0v) is 11.2. The van der Waals surface area contributed by atoms with Crippen LogP contribution in [0.2, 0.25) is 0 Å². The van der Waals surface area contributed by atoms with Crippen molar-refractivity contribution in [3.8, 4) is 0 Å². The van der Waals surface area contributed by atoms with Gasteiger partial charge in [0.2, 0.25) is 5.91 Å². The van der Waals surface area contributed by atoms with Crippen LogP contribution in [0, 0.1) is 5.82 Å². The van der Waals surface area contributed by atoms with Gasteiger partial charge in [0.25, 0.3) is 0 Å². The molecule has 1 aromatic carbocycles. The highest BCUT2D eigenvalue weighted by atomic mass is 19.4. The van der Waals surface area contributed by atoms with E-state index in [2.05, 4.69) is 5.32 Å². The van der Waals surface area contributed by atoms with Crippen molar-refractivity contribution in [2.45, 2.75) is 43.9 Å². The van der Waals surface area contributed by atoms with Crippen LogP contribution in [0.4, 0.5) is 17.6 Å². The number of nitrogens with two attached hydrogens (primary N) is 1. The number of hydrogen-bond donors (Lipinski definition) is 2. The van der Waals surface area contributed by atoms with Gasteiger partial charge in [0.1, 0.15) is 11.9 Å². The fraction of sp³-hybridized carbons (Fsp3) is 0.500. The Hall–Kier alpha value is -1.63. The lowest BCUT2D eigenvalue weighted by Crippen LogP contribution is -2.39. The largest absolute Gasteiger partial charge is 0.416 e. The first-order valence-electron chi connectivity index (χ1n) is 6.71. The second-order valence-corrected chi connectivity index (χ2v) is 5.21. The first-order valence-corrected chi connectivity index (χ1v) is 6.71. The molecule has 0 saturated heterocycles. The molecule has 3 nitrogen and oxygen atoms in total. The Kier molecular flexibility index (Phi) is 4.51. The molecule has 1 fully saturated rings. The number of alkyl halides is 3. The normalized spacial score (nSPS) is 17.9. The molecular weight excluding hydrogens is 288 g/mol. The van der Waals surface area contributed by atoms with Gasteiger partial charge in [-0.2, -0.15) is 13.2 Å². The van der Waals surface area contributed by atoms with E-state index in [0.717, 1.165) is 37.8 Å². The monoisotopic (exact) mass is 304 g/mol. The molecule has 116 valence electrons. The summed E-state index contributed by atoms with van der Waals surface area (Å²) in [5.74, 6) is -1.91. The van der Waals surface area contributed by atoms with E-state index in [1.807, 2.05) is 0 Å². The van der Waals surface area contributed by atoms with Gasteiger partial charge in [0.15, 0.2) is 0 Å². The second kappa shape index (κ2) is 6.01. The molecule has 3 N–H and O–H groups in total. The molecule has 7 heteroatoms. The topological polar surface area (TPSA) is 55.1 Å². The van der Waals surface area contributed by atoms with Crippen LogP contribution in [0.25, 0.3) is 0 Å². The van der Waals surface area contributed by atoms with Gasteiger partial charge in [-0.15, -0.1) is 0 Å². The molecule has 0 bridgehead atoms. The van der Waals surface area contributed by atoms with Crippen LogP contribution in [0.3, 0.4) is 0 Å². The van der Waals surface area contributed by atoms with Crippen molar-refractivity contribution in [1.82, 2.24) is 5.32 Å². The van der Waals surface area contributed by atoms with Gasteiger partial charge >= 0.3 is 6.18 Å². The van der Waals surface area contributed by atoms with Crippen LogP contribution in [0.15, 0.2) is 18.2 Å². The second-order valence-electron chi connectivity index (χ2n) is 5.21. The lowest BCUT2D eigenvalue weighted by atomic mass is 9.98. The van der Waals surface area contributed by atoms with E-state index in [9.17, 15) is 22.4 Å². The van der Waals surface area contributed by atoms with E-state index in [4.69, 9.17) is 5.73 Å². The number of hydrogen-bond acceptors (Lipinski definition) is 2. The van der Waals surface area contributed by atoms with Crippen LogP contribution in [0.1, 0.15) is 42.9 Å². The smallest absolute Gasteiger partial charge is 0.368 e. The van der Waals surface area contributed by atoms with Gasteiger partial charge in [-0.1, -0.05) is 18.9 Å². The number of carbonyl (C=O) groups is 1. The van der Waals surface area contributed by atoms with Gasteiger partial charge in [0, 0.05) is 6.04 Å². The third-order valence-electron chi connectivity index (χ3n) is 3.67. The fourth-order valence-electron chi connectivity index (χ4n) is 2.68. The molecule has 0 radical (unpaired) electrons. The van der Waals surface area contributed by atoms with E-state index in [1.165, 1.54) is 0 Å². The molecule has 1 aliphatic rings. The van der Waals surface area contributed by atoms with Crippen molar-refractivity contribution in [3.63, 3.8) is 0 Å². The molecule has 0 heterocycles. The third-order valence-corrected chi connectivity index (χ3v) is 3.67. The molecule has 21 heavy (non-hydrogen) atoms. The van der Waals surface area contributed by atoms with Crippen LogP contribution < -0.4 is 11.1 Å². The molecule has 2 rings (SSSR count). The number of halogens is 4. The molecule has 0 spiro atoms. The van der Waals surface area contributed by atoms with Crippen molar-refractivity contribution >= 4 is 5.91 Å². The Morgan fingerprint density at radius 1 is 1.29 bits per heavy atom. The van der Waals surface area contributed by atoms with Crippen LogP contribution in [-0.2, 0) is 11.0 Å². The van der Waals surface area contributed by atoms with Crippen molar-refractivity contribution in [2.24, 2.45) is 5.73 Å². The van der Waals surface area contributed by atoms with E-state index in [1.54, 1.807) is 0 Å². The molecule has 1 saturated carbocycles. The van der Waals surface area contributed by atoms with E-state index in [0.29, 0.717) is 6.07 Å². The zero-order valence-electron chi connectivity index (χ0n) is 11.2. The van der Waals surface area contributed by atoms with Gasteiger partial charge in [0.05, 0.1) is 5.56 Å². The Bertz CT molecular complexity index is 524. The molecule has 1 atom stereocenters. The van der Waals surface area contributed by atoms with Crippen molar-refractivity contribution < 1.29 is 22.4 Å². The Morgan fingerprint density at radius 2 is 1.90 bits per heavy atom. The number of rotatable bonds is 4. The lowest BCUT2D eigenvalue weighted by molar-refractivity contribution is -0.139. The predicted octanol–water partition coefficient (Wildman–Crippen LogP) is 2.90. The summed E-state index contributed by atoms with van der Waals surface area (Å²) in [4.78, 5) is 11.6. The van der Waals surface area contributed by atoms with E-state index in [-0.39, 0.29) is 11.6 Å². The number of amides is 1. The highest BCUT2D eigenvalue weighted by Gasteiger charge is 2.37. The number of primary amides is 1. The number of nitrogens with one attached hydrogen (secondary N) is 1. The summed E-state index contributed by atoms with van der Waals surface area (Å²) in [7, 11) is 0. The maximum Gasteiger partial charge on any atom is 0.416 e. The summed E-state index contributed by atoms with van der Waals surface area (Å²) < 4.78 is 52.2. The Labute approximate surface area is 119 Å². The quantitative estimate of drug-likeness (QED) is 0.840. The minimum Gasteiger partial charge on any atom is -0.368 e. The van der Waals surface area contributed by atoms with Gasteiger partial charge < -0.3 is 5.73 Å². The van der Waals surface area contributed by atoms with Gasteiger partial charge in [-0.3, -0.25) is 10.1 Å². The van der Waals surface area contributed by atoms with Crippen molar-refractivity contribution in [2.75, 3.05) is 0 Å². The maximum atomic E-state index is 13.1. The minimum atomic E-state index is -4.75. The summed E-state index contributed by atoms with van der Waals surface area (Å²) in [6, 6.07) is 0.938. The number of carbonyl (C=O) groups excluding carboxylic acids is 1. The van der Waals surface area contributed by atoms with Gasteiger partial charge in [-0.25, -0.2) is 4.39 Å². The first-order chi connectivity index (χ1) is 9.79. The molecule has 1 amide bonds. The average Bonchev–Trinajstić information content (AvgIpc) is 2.88. The summed E-state index contributed by atoms with van der Waals surface area (Å²) in [6.45, 7) is 0. The Morgan fingerprint density at radius 3 is 2.43 bits per heavy atom. The molecular formula is C14H16F4N2O. The van der Waals surface area contributed by atoms with E-state index < -0.39 is 29.5 Å². The number of benzene rings is 1. The summed E-state index contributed by atoms with van der Waals surface area (Å²) in [5, 5.41) is 2.87.